The SMILES string of the molecule is CC(NCCC(C)(C)C)C1CCCO1. The van der Waals surface area contributed by atoms with Crippen LogP contribution in [0.3, 0.4) is 0 Å². The van der Waals surface area contributed by atoms with Gasteiger partial charge in [-0.3, -0.25) is 0 Å². The number of hydrogen-bond acceptors (Lipinski definition) is 2. The summed E-state index contributed by atoms with van der Waals surface area (Å²) in [6, 6.07) is 0.514. The van der Waals surface area contributed by atoms with E-state index in [4.69, 9.17) is 4.74 Å². The molecule has 0 aromatic rings. The molecule has 0 spiro atoms. The van der Waals surface area contributed by atoms with Gasteiger partial charge in [-0.2, -0.15) is 0 Å². The highest BCUT2D eigenvalue weighted by Gasteiger charge is 2.22. The Morgan fingerprint density at radius 3 is 2.64 bits per heavy atom. The maximum absolute atomic E-state index is 5.63. The molecule has 2 atom stereocenters. The molecule has 0 aromatic carbocycles. The molecule has 1 heterocycles. The van der Waals surface area contributed by atoms with Gasteiger partial charge in [0.05, 0.1) is 6.10 Å². The molecule has 1 rings (SSSR count). The van der Waals surface area contributed by atoms with E-state index in [1.54, 1.807) is 0 Å². The second-order valence-electron chi connectivity index (χ2n) is 5.60. The van der Waals surface area contributed by atoms with Crippen molar-refractivity contribution in [3.63, 3.8) is 0 Å². The zero-order valence-electron chi connectivity index (χ0n) is 10.1. The molecule has 2 nitrogen and oxygen atoms in total. The Hall–Kier alpha value is -0.0800. The predicted molar refractivity (Wildman–Crippen MR) is 60.5 cm³/mol. The maximum Gasteiger partial charge on any atom is 0.0726 e. The molecule has 0 aromatic heterocycles. The zero-order valence-corrected chi connectivity index (χ0v) is 10.1. The average molecular weight is 199 g/mol. The molecule has 0 amide bonds. The van der Waals surface area contributed by atoms with E-state index >= 15 is 0 Å². The standard InChI is InChI=1S/C12H25NO/c1-10(11-6-5-9-14-11)13-8-7-12(2,3)4/h10-11,13H,5-9H2,1-4H3. The summed E-state index contributed by atoms with van der Waals surface area (Å²) in [5.74, 6) is 0. The van der Waals surface area contributed by atoms with Gasteiger partial charge in [-0.1, -0.05) is 20.8 Å². The van der Waals surface area contributed by atoms with Crippen molar-refractivity contribution in [1.82, 2.24) is 5.32 Å². The molecule has 0 bridgehead atoms. The molecule has 2 unspecified atom stereocenters. The lowest BCUT2D eigenvalue weighted by atomic mass is 9.92. The zero-order chi connectivity index (χ0) is 10.6. The van der Waals surface area contributed by atoms with Gasteiger partial charge in [-0.25, -0.2) is 0 Å². The monoisotopic (exact) mass is 199 g/mol. The van der Waals surface area contributed by atoms with Gasteiger partial charge in [0.15, 0.2) is 0 Å². The molecule has 14 heavy (non-hydrogen) atoms. The Bertz CT molecular complexity index is 156. The lowest BCUT2D eigenvalue weighted by molar-refractivity contribution is 0.0827. The number of ether oxygens (including phenoxy) is 1. The molecule has 84 valence electrons. The largest absolute Gasteiger partial charge is 0.377 e. The van der Waals surface area contributed by atoms with Crippen molar-refractivity contribution < 1.29 is 4.74 Å². The minimum Gasteiger partial charge on any atom is -0.377 e. The van der Waals surface area contributed by atoms with Gasteiger partial charge in [0.2, 0.25) is 0 Å². The van der Waals surface area contributed by atoms with E-state index in [0.717, 1.165) is 13.2 Å². The first-order chi connectivity index (χ1) is 6.49. The topological polar surface area (TPSA) is 21.3 Å². The summed E-state index contributed by atoms with van der Waals surface area (Å²) in [6.07, 6.45) is 4.14. The molecule has 1 saturated heterocycles. The van der Waals surface area contributed by atoms with Crippen LogP contribution >= 0.6 is 0 Å². The number of nitrogens with one attached hydrogen (secondary N) is 1. The summed E-state index contributed by atoms with van der Waals surface area (Å²) < 4.78 is 5.63. The average Bonchev–Trinajstić information content (AvgIpc) is 2.53. The summed E-state index contributed by atoms with van der Waals surface area (Å²) in [5, 5.41) is 3.56. The second-order valence-corrected chi connectivity index (χ2v) is 5.60. The number of hydrogen-bond donors (Lipinski definition) is 1. The summed E-state index contributed by atoms with van der Waals surface area (Å²) in [6.45, 7) is 11.1. The van der Waals surface area contributed by atoms with Crippen molar-refractivity contribution >= 4 is 0 Å². The molecular formula is C12H25NO. The minimum absolute atomic E-state index is 0.434. The van der Waals surface area contributed by atoms with E-state index in [1.807, 2.05) is 0 Å². The normalized spacial score (nSPS) is 25.3. The fraction of sp³-hybridized carbons (Fsp3) is 1.00. The predicted octanol–water partition coefficient (Wildman–Crippen LogP) is 2.58. The van der Waals surface area contributed by atoms with Gasteiger partial charge in [0.1, 0.15) is 0 Å². The molecule has 1 aliphatic rings. The molecule has 1 N–H and O–H groups in total. The highest BCUT2D eigenvalue weighted by atomic mass is 16.5. The molecule has 1 fully saturated rings. The Morgan fingerprint density at radius 1 is 1.43 bits per heavy atom. The van der Waals surface area contributed by atoms with Crippen LogP contribution in [-0.4, -0.2) is 25.3 Å². The third-order valence-electron chi connectivity index (χ3n) is 2.86. The lowest BCUT2D eigenvalue weighted by Gasteiger charge is -2.23. The quantitative estimate of drug-likeness (QED) is 0.751. The molecule has 1 aliphatic heterocycles. The molecule has 0 radical (unpaired) electrons. The van der Waals surface area contributed by atoms with E-state index in [-0.39, 0.29) is 0 Å². The van der Waals surface area contributed by atoms with Gasteiger partial charge in [0, 0.05) is 12.6 Å². The van der Waals surface area contributed by atoms with Crippen LogP contribution in [0.4, 0.5) is 0 Å². The Balaban J connectivity index is 2.11. The third kappa shape index (κ3) is 4.43. The van der Waals surface area contributed by atoms with Crippen LogP contribution in [0.2, 0.25) is 0 Å². The third-order valence-corrected chi connectivity index (χ3v) is 2.86. The minimum atomic E-state index is 0.434. The van der Waals surface area contributed by atoms with E-state index in [1.165, 1.54) is 19.3 Å². The fourth-order valence-electron chi connectivity index (χ4n) is 1.80. The van der Waals surface area contributed by atoms with Crippen molar-refractivity contribution in [3.05, 3.63) is 0 Å². The fourth-order valence-corrected chi connectivity index (χ4v) is 1.80. The van der Waals surface area contributed by atoms with Gasteiger partial charge in [-0.05, 0) is 38.1 Å². The second kappa shape index (κ2) is 5.13. The first-order valence-corrected chi connectivity index (χ1v) is 5.84. The maximum atomic E-state index is 5.63. The van der Waals surface area contributed by atoms with Crippen molar-refractivity contribution in [2.24, 2.45) is 5.41 Å². The summed E-state index contributed by atoms with van der Waals surface area (Å²) in [4.78, 5) is 0. The van der Waals surface area contributed by atoms with Crippen molar-refractivity contribution in [3.8, 4) is 0 Å². The Labute approximate surface area is 88.4 Å². The van der Waals surface area contributed by atoms with Gasteiger partial charge < -0.3 is 10.1 Å². The summed E-state index contributed by atoms with van der Waals surface area (Å²) in [7, 11) is 0. The Kier molecular flexibility index (Phi) is 4.39. The van der Waals surface area contributed by atoms with Crippen LogP contribution < -0.4 is 5.32 Å². The van der Waals surface area contributed by atoms with E-state index in [2.05, 4.69) is 33.0 Å². The van der Waals surface area contributed by atoms with Crippen LogP contribution in [0.15, 0.2) is 0 Å². The van der Waals surface area contributed by atoms with Crippen LogP contribution in [0, 0.1) is 5.41 Å². The Morgan fingerprint density at radius 2 is 2.14 bits per heavy atom. The van der Waals surface area contributed by atoms with Crippen molar-refractivity contribution in [2.45, 2.75) is 59.1 Å². The molecular weight excluding hydrogens is 174 g/mol. The van der Waals surface area contributed by atoms with E-state index in [9.17, 15) is 0 Å². The smallest absolute Gasteiger partial charge is 0.0726 e. The molecule has 0 aliphatic carbocycles. The summed E-state index contributed by atoms with van der Waals surface area (Å²) >= 11 is 0. The van der Waals surface area contributed by atoms with Crippen molar-refractivity contribution in [1.29, 1.82) is 0 Å². The summed E-state index contributed by atoms with van der Waals surface area (Å²) in [5.41, 5.74) is 0.434. The molecule has 0 saturated carbocycles. The van der Waals surface area contributed by atoms with Crippen LogP contribution in [0.1, 0.15) is 47.0 Å². The highest BCUT2D eigenvalue weighted by molar-refractivity contribution is 4.77. The molecule has 2 heteroatoms. The van der Waals surface area contributed by atoms with E-state index in [0.29, 0.717) is 17.6 Å². The van der Waals surface area contributed by atoms with Crippen LogP contribution in [0.25, 0.3) is 0 Å². The van der Waals surface area contributed by atoms with Crippen molar-refractivity contribution in [2.75, 3.05) is 13.2 Å². The van der Waals surface area contributed by atoms with Gasteiger partial charge in [-0.15, -0.1) is 0 Å². The first-order valence-electron chi connectivity index (χ1n) is 5.84. The van der Waals surface area contributed by atoms with Gasteiger partial charge in [0.25, 0.3) is 0 Å². The van der Waals surface area contributed by atoms with Crippen LogP contribution in [0.5, 0.6) is 0 Å². The highest BCUT2D eigenvalue weighted by Crippen LogP contribution is 2.18. The van der Waals surface area contributed by atoms with Gasteiger partial charge >= 0.3 is 0 Å². The number of rotatable bonds is 4. The van der Waals surface area contributed by atoms with E-state index < -0.39 is 0 Å². The first kappa shape index (κ1) is 12.0. The van der Waals surface area contributed by atoms with Crippen LogP contribution in [-0.2, 0) is 4.74 Å². The lowest BCUT2D eigenvalue weighted by Crippen LogP contribution is -2.38.